The molecule has 0 bridgehead atoms. The number of aliphatic hydroxyl groups is 1. The second-order valence-corrected chi connectivity index (χ2v) is 2.85. The topological polar surface area (TPSA) is 20.2 Å². The first-order valence-electron chi connectivity index (χ1n) is 3.95. The van der Waals surface area contributed by atoms with Crippen LogP contribution in [0.25, 0.3) is 0 Å². The highest BCUT2D eigenvalue weighted by atomic mass is 19.1. The molecule has 0 fully saturated rings. The van der Waals surface area contributed by atoms with E-state index in [9.17, 15) is 4.39 Å². The van der Waals surface area contributed by atoms with Crippen molar-refractivity contribution >= 4 is 0 Å². The van der Waals surface area contributed by atoms with Gasteiger partial charge in [-0.3, -0.25) is 0 Å². The third-order valence-electron chi connectivity index (χ3n) is 1.61. The Balaban J connectivity index is 3.39. The van der Waals surface area contributed by atoms with Crippen molar-refractivity contribution in [2.24, 2.45) is 5.92 Å². The summed E-state index contributed by atoms with van der Waals surface area (Å²) >= 11 is 0. The largest absolute Gasteiger partial charge is 0.396 e. The van der Waals surface area contributed by atoms with Crippen LogP contribution in [-0.4, -0.2) is 17.9 Å². The Bertz CT molecular complexity index is 73.7. The SMILES string of the molecule is CCCC(CO)C[C@@H](C)F. The fourth-order valence-electron chi connectivity index (χ4n) is 1.15. The van der Waals surface area contributed by atoms with Gasteiger partial charge in [-0.15, -0.1) is 0 Å². The number of hydrogen-bond donors (Lipinski definition) is 1. The summed E-state index contributed by atoms with van der Waals surface area (Å²) in [5.41, 5.74) is 0. The summed E-state index contributed by atoms with van der Waals surface area (Å²) in [5.74, 6) is 0.171. The van der Waals surface area contributed by atoms with E-state index in [1.54, 1.807) is 6.92 Å². The maximum atomic E-state index is 12.4. The Labute approximate surface area is 62.3 Å². The lowest BCUT2D eigenvalue weighted by Crippen LogP contribution is -2.10. The third-order valence-corrected chi connectivity index (χ3v) is 1.61. The molecule has 1 nitrogen and oxygen atoms in total. The minimum absolute atomic E-state index is 0.127. The molecule has 0 aliphatic rings. The zero-order valence-corrected chi connectivity index (χ0v) is 6.81. The van der Waals surface area contributed by atoms with Gasteiger partial charge in [-0.05, 0) is 25.7 Å². The standard InChI is InChI=1S/C8H17FO/c1-3-4-8(6-10)5-7(2)9/h7-8,10H,3-6H2,1-2H3/t7-,8?/m1/s1. The molecule has 0 aromatic rings. The number of hydrogen-bond acceptors (Lipinski definition) is 1. The van der Waals surface area contributed by atoms with E-state index < -0.39 is 6.17 Å². The lowest BCUT2D eigenvalue weighted by Gasteiger charge is -2.12. The second kappa shape index (κ2) is 5.66. The lowest BCUT2D eigenvalue weighted by atomic mass is 9.99. The third kappa shape index (κ3) is 4.74. The van der Waals surface area contributed by atoms with Crippen molar-refractivity contribution in [1.82, 2.24) is 0 Å². The van der Waals surface area contributed by atoms with Crippen molar-refractivity contribution in [3.05, 3.63) is 0 Å². The minimum atomic E-state index is -0.774. The van der Waals surface area contributed by atoms with Crippen LogP contribution in [0, 0.1) is 5.92 Å². The van der Waals surface area contributed by atoms with Crippen LogP contribution in [0.4, 0.5) is 4.39 Å². The molecule has 0 aliphatic heterocycles. The van der Waals surface area contributed by atoms with Gasteiger partial charge in [-0.1, -0.05) is 13.3 Å². The van der Waals surface area contributed by atoms with E-state index in [1.807, 2.05) is 6.92 Å². The molecule has 0 radical (unpaired) electrons. The molecule has 62 valence electrons. The zero-order chi connectivity index (χ0) is 7.98. The van der Waals surface area contributed by atoms with Gasteiger partial charge < -0.3 is 5.11 Å². The lowest BCUT2D eigenvalue weighted by molar-refractivity contribution is 0.178. The molecular formula is C8H17FO. The molecule has 2 heteroatoms. The molecular weight excluding hydrogens is 131 g/mol. The number of aliphatic hydroxyl groups excluding tert-OH is 1. The molecule has 0 saturated carbocycles. The van der Waals surface area contributed by atoms with Crippen molar-refractivity contribution in [1.29, 1.82) is 0 Å². The molecule has 1 unspecified atom stereocenters. The van der Waals surface area contributed by atoms with E-state index in [0.717, 1.165) is 12.8 Å². The first kappa shape index (κ1) is 9.89. The summed E-state index contributed by atoms with van der Waals surface area (Å²) < 4.78 is 12.4. The van der Waals surface area contributed by atoms with Crippen molar-refractivity contribution in [3.8, 4) is 0 Å². The number of alkyl halides is 1. The van der Waals surface area contributed by atoms with Gasteiger partial charge >= 0.3 is 0 Å². The molecule has 0 saturated heterocycles. The fraction of sp³-hybridized carbons (Fsp3) is 1.00. The second-order valence-electron chi connectivity index (χ2n) is 2.85. The predicted molar refractivity (Wildman–Crippen MR) is 40.7 cm³/mol. The van der Waals surface area contributed by atoms with Crippen LogP contribution in [0.3, 0.4) is 0 Å². The molecule has 0 rings (SSSR count). The van der Waals surface area contributed by atoms with Gasteiger partial charge in [0, 0.05) is 6.61 Å². The van der Waals surface area contributed by atoms with Gasteiger partial charge in [0.1, 0.15) is 0 Å². The molecule has 0 aliphatic carbocycles. The number of halogens is 1. The van der Waals surface area contributed by atoms with Gasteiger partial charge in [-0.2, -0.15) is 0 Å². The molecule has 0 amide bonds. The van der Waals surface area contributed by atoms with E-state index >= 15 is 0 Å². The molecule has 0 aromatic heterocycles. The minimum Gasteiger partial charge on any atom is -0.396 e. The predicted octanol–water partition coefficient (Wildman–Crippen LogP) is 2.14. The van der Waals surface area contributed by atoms with Gasteiger partial charge in [0.15, 0.2) is 0 Å². The van der Waals surface area contributed by atoms with Crippen LogP contribution in [0.1, 0.15) is 33.1 Å². The molecule has 2 atom stereocenters. The zero-order valence-electron chi connectivity index (χ0n) is 6.81. The van der Waals surface area contributed by atoms with E-state index in [-0.39, 0.29) is 12.5 Å². The number of rotatable bonds is 5. The molecule has 0 heterocycles. The van der Waals surface area contributed by atoms with E-state index in [1.165, 1.54) is 0 Å². The van der Waals surface area contributed by atoms with Crippen LogP contribution in [0.2, 0.25) is 0 Å². The maximum absolute atomic E-state index is 12.4. The highest BCUT2D eigenvalue weighted by Gasteiger charge is 2.09. The Kier molecular flexibility index (Phi) is 5.60. The quantitative estimate of drug-likeness (QED) is 0.633. The summed E-state index contributed by atoms with van der Waals surface area (Å²) in [4.78, 5) is 0. The van der Waals surface area contributed by atoms with Gasteiger partial charge in [0.05, 0.1) is 6.17 Å². The van der Waals surface area contributed by atoms with Crippen LogP contribution < -0.4 is 0 Å². The van der Waals surface area contributed by atoms with Crippen molar-refractivity contribution < 1.29 is 9.50 Å². The first-order valence-corrected chi connectivity index (χ1v) is 3.95. The van der Waals surface area contributed by atoms with E-state index in [4.69, 9.17) is 5.11 Å². The Morgan fingerprint density at radius 2 is 2.10 bits per heavy atom. The smallest absolute Gasteiger partial charge is 0.0977 e. The average molecular weight is 148 g/mol. The highest BCUT2D eigenvalue weighted by molar-refractivity contribution is 4.60. The summed E-state index contributed by atoms with van der Waals surface area (Å²) in [6.45, 7) is 3.71. The highest BCUT2D eigenvalue weighted by Crippen LogP contribution is 2.13. The van der Waals surface area contributed by atoms with Crippen LogP contribution in [0.5, 0.6) is 0 Å². The summed E-state index contributed by atoms with van der Waals surface area (Å²) in [6.07, 6.45) is 1.69. The molecule has 0 spiro atoms. The Morgan fingerprint density at radius 1 is 1.50 bits per heavy atom. The van der Waals surface area contributed by atoms with Crippen molar-refractivity contribution in [2.75, 3.05) is 6.61 Å². The average Bonchev–Trinajstić information content (AvgIpc) is 1.86. The Morgan fingerprint density at radius 3 is 2.40 bits per heavy atom. The molecule has 0 aromatic carbocycles. The van der Waals surface area contributed by atoms with E-state index in [0.29, 0.717) is 6.42 Å². The van der Waals surface area contributed by atoms with Crippen molar-refractivity contribution in [3.63, 3.8) is 0 Å². The van der Waals surface area contributed by atoms with Gasteiger partial charge in [0.2, 0.25) is 0 Å². The van der Waals surface area contributed by atoms with E-state index in [2.05, 4.69) is 0 Å². The summed E-state index contributed by atoms with van der Waals surface area (Å²) in [7, 11) is 0. The van der Waals surface area contributed by atoms with Crippen LogP contribution in [0.15, 0.2) is 0 Å². The van der Waals surface area contributed by atoms with Gasteiger partial charge in [0.25, 0.3) is 0 Å². The monoisotopic (exact) mass is 148 g/mol. The van der Waals surface area contributed by atoms with Gasteiger partial charge in [-0.25, -0.2) is 4.39 Å². The van der Waals surface area contributed by atoms with Crippen molar-refractivity contribution in [2.45, 2.75) is 39.3 Å². The van der Waals surface area contributed by atoms with Crippen LogP contribution >= 0.6 is 0 Å². The molecule has 1 N–H and O–H groups in total. The summed E-state index contributed by atoms with van der Waals surface area (Å²) in [6, 6.07) is 0. The summed E-state index contributed by atoms with van der Waals surface area (Å²) in [5, 5.41) is 8.74. The normalized spacial score (nSPS) is 16.8. The van der Waals surface area contributed by atoms with Crippen LogP contribution in [-0.2, 0) is 0 Å². The Hall–Kier alpha value is -0.110. The first-order chi connectivity index (χ1) is 4.70. The maximum Gasteiger partial charge on any atom is 0.0977 e. The fourth-order valence-corrected chi connectivity index (χ4v) is 1.15. The molecule has 10 heavy (non-hydrogen) atoms.